The molecule has 0 radical (unpaired) electrons. The standard InChI is InChI=1S/C17H19N3O2S/c1-12-6-8-13(9-7-12)20-17(22)10-19-14-4-2-3-5-15(14)23-11-16(18)21/h2-9,19H,10-11H2,1H3,(H2,18,21)(H,20,22). The van der Waals surface area contributed by atoms with Crippen molar-refractivity contribution >= 4 is 35.0 Å². The maximum absolute atomic E-state index is 12.0. The van der Waals surface area contributed by atoms with Gasteiger partial charge in [-0.05, 0) is 31.2 Å². The maximum Gasteiger partial charge on any atom is 0.243 e. The van der Waals surface area contributed by atoms with Gasteiger partial charge < -0.3 is 16.4 Å². The highest BCUT2D eigenvalue weighted by Gasteiger charge is 2.07. The lowest BCUT2D eigenvalue weighted by atomic mass is 10.2. The molecule has 0 heterocycles. The molecule has 0 saturated carbocycles. The van der Waals surface area contributed by atoms with Crippen LogP contribution >= 0.6 is 11.8 Å². The molecule has 2 rings (SSSR count). The Labute approximate surface area is 139 Å². The molecule has 23 heavy (non-hydrogen) atoms. The van der Waals surface area contributed by atoms with Gasteiger partial charge in [0.1, 0.15) is 0 Å². The van der Waals surface area contributed by atoms with Crippen molar-refractivity contribution in [1.82, 2.24) is 0 Å². The van der Waals surface area contributed by atoms with Crippen molar-refractivity contribution in [1.29, 1.82) is 0 Å². The minimum Gasteiger partial charge on any atom is -0.375 e. The van der Waals surface area contributed by atoms with Crippen molar-refractivity contribution < 1.29 is 9.59 Å². The monoisotopic (exact) mass is 329 g/mol. The number of nitrogens with one attached hydrogen (secondary N) is 2. The molecule has 5 nitrogen and oxygen atoms in total. The number of nitrogens with two attached hydrogens (primary N) is 1. The van der Waals surface area contributed by atoms with Crippen LogP contribution in [0, 0.1) is 6.92 Å². The Balaban J connectivity index is 1.91. The third-order valence-electron chi connectivity index (χ3n) is 3.03. The lowest BCUT2D eigenvalue weighted by molar-refractivity contribution is -0.116. The molecule has 0 aliphatic heterocycles. The molecule has 0 unspecified atom stereocenters. The van der Waals surface area contributed by atoms with Crippen LogP contribution < -0.4 is 16.4 Å². The zero-order chi connectivity index (χ0) is 16.7. The number of thioether (sulfide) groups is 1. The second-order valence-corrected chi connectivity index (χ2v) is 6.04. The van der Waals surface area contributed by atoms with Crippen LogP contribution in [0.25, 0.3) is 0 Å². The van der Waals surface area contributed by atoms with E-state index in [2.05, 4.69) is 10.6 Å². The van der Waals surface area contributed by atoms with Crippen LogP contribution in [-0.4, -0.2) is 24.1 Å². The molecule has 4 N–H and O–H groups in total. The van der Waals surface area contributed by atoms with Gasteiger partial charge in [-0.3, -0.25) is 9.59 Å². The van der Waals surface area contributed by atoms with E-state index in [-0.39, 0.29) is 24.1 Å². The van der Waals surface area contributed by atoms with Crippen LogP contribution in [0.4, 0.5) is 11.4 Å². The van der Waals surface area contributed by atoms with Gasteiger partial charge in [-0.1, -0.05) is 29.8 Å². The molecule has 120 valence electrons. The Morgan fingerprint density at radius 2 is 1.78 bits per heavy atom. The van der Waals surface area contributed by atoms with Crippen LogP contribution in [0.2, 0.25) is 0 Å². The van der Waals surface area contributed by atoms with Gasteiger partial charge in [0.15, 0.2) is 0 Å². The fraction of sp³-hybridized carbons (Fsp3) is 0.176. The molecule has 2 aromatic carbocycles. The topological polar surface area (TPSA) is 84.2 Å². The minimum absolute atomic E-state index is 0.136. The molecular weight excluding hydrogens is 310 g/mol. The number of carbonyl (C=O) groups is 2. The van der Waals surface area contributed by atoms with Gasteiger partial charge in [-0.15, -0.1) is 11.8 Å². The number of amides is 2. The number of hydrogen-bond donors (Lipinski definition) is 3. The first-order chi connectivity index (χ1) is 11.0. The van der Waals surface area contributed by atoms with Crippen LogP contribution in [0.5, 0.6) is 0 Å². The number of primary amides is 1. The van der Waals surface area contributed by atoms with E-state index in [1.807, 2.05) is 55.5 Å². The lowest BCUT2D eigenvalue weighted by Gasteiger charge is -2.11. The first-order valence-corrected chi connectivity index (χ1v) is 8.13. The van der Waals surface area contributed by atoms with Crippen molar-refractivity contribution in [2.75, 3.05) is 22.9 Å². The van der Waals surface area contributed by atoms with Crippen molar-refractivity contribution in [2.45, 2.75) is 11.8 Å². The predicted octanol–water partition coefficient (Wildman–Crippen LogP) is 2.62. The van der Waals surface area contributed by atoms with Crippen LogP contribution in [0.3, 0.4) is 0 Å². The van der Waals surface area contributed by atoms with Crippen molar-refractivity contribution in [3.8, 4) is 0 Å². The van der Waals surface area contributed by atoms with Gasteiger partial charge in [0, 0.05) is 16.3 Å². The third kappa shape index (κ3) is 5.67. The Kier molecular flexibility index (Phi) is 6.05. The molecule has 0 saturated heterocycles. The van der Waals surface area contributed by atoms with E-state index in [9.17, 15) is 9.59 Å². The van der Waals surface area contributed by atoms with Crippen molar-refractivity contribution in [3.63, 3.8) is 0 Å². The summed E-state index contributed by atoms with van der Waals surface area (Å²) in [5, 5.41) is 5.91. The maximum atomic E-state index is 12.0. The Hall–Kier alpha value is -2.47. The number of benzene rings is 2. The SMILES string of the molecule is Cc1ccc(NC(=O)CNc2ccccc2SCC(N)=O)cc1. The molecule has 6 heteroatoms. The van der Waals surface area contributed by atoms with Gasteiger partial charge in [0.25, 0.3) is 0 Å². The summed E-state index contributed by atoms with van der Waals surface area (Å²) < 4.78 is 0. The summed E-state index contributed by atoms with van der Waals surface area (Å²) in [6.07, 6.45) is 0. The number of anilines is 2. The molecule has 2 amide bonds. The highest BCUT2D eigenvalue weighted by molar-refractivity contribution is 8.00. The number of rotatable bonds is 7. The van der Waals surface area contributed by atoms with Crippen molar-refractivity contribution in [2.24, 2.45) is 5.73 Å². The quantitative estimate of drug-likeness (QED) is 0.682. The Morgan fingerprint density at radius 1 is 1.09 bits per heavy atom. The molecule has 0 bridgehead atoms. The average molecular weight is 329 g/mol. The molecule has 0 spiro atoms. The molecule has 0 aromatic heterocycles. The van der Waals surface area contributed by atoms with Gasteiger partial charge in [0.05, 0.1) is 12.3 Å². The molecule has 0 aliphatic carbocycles. The molecule has 0 atom stereocenters. The van der Waals surface area contributed by atoms with E-state index in [4.69, 9.17) is 5.73 Å². The molecule has 0 aliphatic rings. The Bertz CT molecular complexity index is 686. The van der Waals surface area contributed by atoms with Gasteiger partial charge in [-0.2, -0.15) is 0 Å². The number of hydrogen-bond acceptors (Lipinski definition) is 4. The fourth-order valence-electron chi connectivity index (χ4n) is 1.91. The summed E-state index contributed by atoms with van der Waals surface area (Å²) in [6, 6.07) is 15.1. The molecule has 2 aromatic rings. The van der Waals surface area contributed by atoms with Crippen LogP contribution in [0.1, 0.15) is 5.56 Å². The van der Waals surface area contributed by atoms with E-state index in [0.717, 1.165) is 21.8 Å². The summed E-state index contributed by atoms with van der Waals surface area (Å²) in [4.78, 5) is 23.8. The lowest BCUT2D eigenvalue weighted by Crippen LogP contribution is -2.22. The van der Waals surface area contributed by atoms with E-state index in [1.165, 1.54) is 11.8 Å². The highest BCUT2D eigenvalue weighted by atomic mass is 32.2. The van der Waals surface area contributed by atoms with Crippen molar-refractivity contribution in [3.05, 3.63) is 54.1 Å². The van der Waals surface area contributed by atoms with Crippen LogP contribution in [0.15, 0.2) is 53.4 Å². The summed E-state index contributed by atoms with van der Waals surface area (Å²) >= 11 is 1.34. The zero-order valence-corrected chi connectivity index (χ0v) is 13.7. The Morgan fingerprint density at radius 3 is 2.48 bits per heavy atom. The third-order valence-corrected chi connectivity index (χ3v) is 4.13. The zero-order valence-electron chi connectivity index (χ0n) is 12.8. The minimum atomic E-state index is -0.373. The van der Waals surface area contributed by atoms with Gasteiger partial charge in [-0.25, -0.2) is 0 Å². The second kappa shape index (κ2) is 8.24. The van der Waals surface area contributed by atoms with Gasteiger partial charge >= 0.3 is 0 Å². The smallest absolute Gasteiger partial charge is 0.243 e. The summed E-state index contributed by atoms with van der Waals surface area (Å²) in [5.74, 6) is -0.306. The summed E-state index contributed by atoms with van der Waals surface area (Å²) in [7, 11) is 0. The first kappa shape index (κ1) is 16.9. The normalized spacial score (nSPS) is 10.1. The number of carbonyl (C=O) groups excluding carboxylic acids is 2. The van der Waals surface area contributed by atoms with Gasteiger partial charge in [0.2, 0.25) is 11.8 Å². The fourth-order valence-corrected chi connectivity index (χ4v) is 2.67. The highest BCUT2D eigenvalue weighted by Crippen LogP contribution is 2.26. The average Bonchev–Trinajstić information content (AvgIpc) is 2.54. The number of aryl methyl sites for hydroxylation is 1. The molecular formula is C17H19N3O2S. The molecule has 0 fully saturated rings. The number of para-hydroxylation sites is 1. The largest absolute Gasteiger partial charge is 0.375 e. The first-order valence-electron chi connectivity index (χ1n) is 7.15. The van der Waals surface area contributed by atoms with Crippen LogP contribution in [-0.2, 0) is 9.59 Å². The van der Waals surface area contributed by atoms with E-state index in [1.54, 1.807) is 0 Å². The van der Waals surface area contributed by atoms with E-state index >= 15 is 0 Å². The van der Waals surface area contributed by atoms with E-state index in [0.29, 0.717) is 0 Å². The second-order valence-electron chi connectivity index (χ2n) is 5.02. The predicted molar refractivity (Wildman–Crippen MR) is 94.7 cm³/mol. The summed E-state index contributed by atoms with van der Waals surface area (Å²) in [5.41, 5.74) is 7.87. The summed E-state index contributed by atoms with van der Waals surface area (Å²) in [6.45, 7) is 2.13. The van der Waals surface area contributed by atoms with E-state index < -0.39 is 0 Å².